The summed E-state index contributed by atoms with van der Waals surface area (Å²) in [7, 11) is 0. The van der Waals surface area contributed by atoms with Gasteiger partial charge in [-0.3, -0.25) is 39.6 Å². The summed E-state index contributed by atoms with van der Waals surface area (Å²) in [5, 5.41) is 4.57. The van der Waals surface area contributed by atoms with E-state index in [1.165, 1.54) is 9.80 Å². The number of nitrogens with one attached hydrogen (secondary N) is 2. The molecule has 2 saturated carbocycles. The summed E-state index contributed by atoms with van der Waals surface area (Å²) in [6.45, 7) is 3.58. The summed E-state index contributed by atoms with van der Waals surface area (Å²) in [6.07, 6.45) is 10.9. The minimum atomic E-state index is -0.686. The molecular formula is C24H36N4O6. The van der Waals surface area contributed by atoms with Gasteiger partial charge >= 0.3 is 12.1 Å². The molecule has 34 heavy (non-hydrogen) atoms. The predicted octanol–water partition coefficient (Wildman–Crippen LogP) is 2.85. The lowest BCUT2D eigenvalue weighted by molar-refractivity contribution is -0.146. The molecule has 2 N–H and O–H groups in total. The number of imide groups is 4. The van der Waals surface area contributed by atoms with Crippen LogP contribution in [0.1, 0.15) is 90.9 Å². The molecule has 4 aliphatic rings. The van der Waals surface area contributed by atoms with Crippen LogP contribution in [-0.4, -0.2) is 57.6 Å². The van der Waals surface area contributed by atoms with Crippen molar-refractivity contribution in [2.45, 2.75) is 103 Å². The zero-order chi connectivity index (χ0) is 24.8. The first-order valence-electron chi connectivity index (χ1n) is 12.7. The molecule has 0 aromatic carbocycles. The molecule has 2 saturated heterocycles. The molecule has 2 heterocycles. The standard InChI is InChI=1S/2C12H18N2O3/c2*1-2-9-10(15)13-12(17)14(11(9)16)8-6-4-3-5-7-8/h2*8-9H,2-7H2,1H3,(H,13,15,17). The monoisotopic (exact) mass is 476 g/mol. The van der Waals surface area contributed by atoms with Crippen molar-refractivity contribution in [2.75, 3.05) is 0 Å². The van der Waals surface area contributed by atoms with Crippen molar-refractivity contribution in [1.82, 2.24) is 20.4 Å². The van der Waals surface area contributed by atoms with E-state index in [9.17, 15) is 28.8 Å². The molecule has 2 aliphatic carbocycles. The first kappa shape index (κ1) is 25.8. The van der Waals surface area contributed by atoms with Crippen molar-refractivity contribution in [2.24, 2.45) is 11.8 Å². The second-order valence-corrected chi connectivity index (χ2v) is 9.51. The molecule has 8 amide bonds. The van der Waals surface area contributed by atoms with Gasteiger partial charge in [-0.15, -0.1) is 0 Å². The Kier molecular flexibility index (Phi) is 8.79. The van der Waals surface area contributed by atoms with Gasteiger partial charge in [-0.25, -0.2) is 9.59 Å². The van der Waals surface area contributed by atoms with E-state index < -0.39 is 35.7 Å². The number of urea groups is 2. The van der Waals surface area contributed by atoms with Gasteiger partial charge in [-0.2, -0.15) is 0 Å². The first-order valence-corrected chi connectivity index (χ1v) is 12.7. The molecule has 0 bridgehead atoms. The molecule has 4 rings (SSSR count). The zero-order valence-corrected chi connectivity index (χ0v) is 20.1. The van der Waals surface area contributed by atoms with Crippen LogP contribution in [0, 0.1) is 11.8 Å². The van der Waals surface area contributed by atoms with E-state index in [1.54, 1.807) is 13.8 Å². The average molecular weight is 477 g/mol. The zero-order valence-electron chi connectivity index (χ0n) is 20.1. The SMILES string of the molecule is CCC1C(=O)NC(=O)N(C2CCCCC2)C1=O.CCC1C(=O)NC(=O)N(C2CCCCC2)C1=O. The molecule has 0 radical (unpaired) electrons. The van der Waals surface area contributed by atoms with Crippen LogP contribution in [0.25, 0.3) is 0 Å². The molecule has 0 spiro atoms. The number of carbonyl (C=O) groups excluding carboxylic acids is 6. The van der Waals surface area contributed by atoms with Crippen molar-refractivity contribution in [1.29, 1.82) is 0 Å². The minimum absolute atomic E-state index is 0.0154. The number of hydrogen-bond acceptors (Lipinski definition) is 6. The smallest absolute Gasteiger partial charge is 0.277 e. The van der Waals surface area contributed by atoms with Gasteiger partial charge in [-0.1, -0.05) is 52.4 Å². The first-order chi connectivity index (χ1) is 16.3. The van der Waals surface area contributed by atoms with Gasteiger partial charge < -0.3 is 0 Å². The molecule has 2 atom stereocenters. The Bertz CT molecular complexity index is 763. The van der Waals surface area contributed by atoms with Gasteiger partial charge in [0.2, 0.25) is 23.6 Å². The molecule has 188 valence electrons. The summed E-state index contributed by atoms with van der Waals surface area (Å²) in [4.78, 5) is 73.3. The van der Waals surface area contributed by atoms with Crippen LogP contribution in [-0.2, 0) is 19.2 Å². The summed E-state index contributed by atoms with van der Waals surface area (Å²) >= 11 is 0. The number of carbonyl (C=O) groups is 6. The van der Waals surface area contributed by atoms with E-state index in [1.807, 2.05) is 0 Å². The number of rotatable bonds is 4. The van der Waals surface area contributed by atoms with E-state index >= 15 is 0 Å². The number of hydrogen-bond donors (Lipinski definition) is 2. The van der Waals surface area contributed by atoms with E-state index in [2.05, 4.69) is 10.6 Å². The Balaban J connectivity index is 0.000000191. The summed E-state index contributed by atoms with van der Waals surface area (Å²) in [5.41, 5.74) is 0. The average Bonchev–Trinajstić information content (AvgIpc) is 2.81. The Labute approximate surface area is 200 Å². The topological polar surface area (TPSA) is 133 Å². The second-order valence-electron chi connectivity index (χ2n) is 9.51. The number of nitrogens with zero attached hydrogens (tertiary/aromatic N) is 2. The highest BCUT2D eigenvalue weighted by molar-refractivity contribution is 6.17. The molecule has 10 nitrogen and oxygen atoms in total. The van der Waals surface area contributed by atoms with Crippen LogP contribution < -0.4 is 10.6 Å². The van der Waals surface area contributed by atoms with Gasteiger partial charge in [0.1, 0.15) is 11.8 Å². The summed E-state index contributed by atoms with van der Waals surface area (Å²) in [5.74, 6) is -2.89. The van der Waals surface area contributed by atoms with Crippen molar-refractivity contribution in [3.05, 3.63) is 0 Å². The molecular weight excluding hydrogens is 440 g/mol. The molecule has 0 aromatic heterocycles. The normalized spacial score (nSPS) is 27.2. The third-order valence-corrected chi connectivity index (χ3v) is 7.30. The predicted molar refractivity (Wildman–Crippen MR) is 122 cm³/mol. The van der Waals surface area contributed by atoms with Crippen LogP contribution >= 0.6 is 0 Å². The van der Waals surface area contributed by atoms with E-state index in [-0.39, 0.29) is 23.9 Å². The molecule has 2 aliphatic heterocycles. The lowest BCUT2D eigenvalue weighted by Gasteiger charge is -2.37. The number of amides is 8. The fourth-order valence-electron chi connectivity index (χ4n) is 5.36. The highest BCUT2D eigenvalue weighted by Crippen LogP contribution is 2.27. The lowest BCUT2D eigenvalue weighted by atomic mass is 9.92. The van der Waals surface area contributed by atoms with Crippen LogP contribution in [0.5, 0.6) is 0 Å². The fourth-order valence-corrected chi connectivity index (χ4v) is 5.36. The quantitative estimate of drug-likeness (QED) is 0.600. The van der Waals surface area contributed by atoms with E-state index in [4.69, 9.17) is 0 Å². The van der Waals surface area contributed by atoms with Crippen LogP contribution in [0.2, 0.25) is 0 Å². The van der Waals surface area contributed by atoms with Crippen molar-refractivity contribution in [3.8, 4) is 0 Å². The number of barbiturate groups is 2. The maximum atomic E-state index is 12.1. The van der Waals surface area contributed by atoms with E-state index in [0.29, 0.717) is 12.8 Å². The molecule has 10 heteroatoms. The Morgan fingerprint density at radius 3 is 1.21 bits per heavy atom. The Hall–Kier alpha value is -2.78. The lowest BCUT2D eigenvalue weighted by Crippen LogP contribution is -2.61. The molecule has 4 fully saturated rings. The molecule has 2 unspecified atom stereocenters. The minimum Gasteiger partial charge on any atom is -0.277 e. The van der Waals surface area contributed by atoms with Gasteiger partial charge in [0, 0.05) is 12.1 Å². The van der Waals surface area contributed by atoms with Crippen LogP contribution in [0.4, 0.5) is 9.59 Å². The third kappa shape index (κ3) is 5.47. The Morgan fingerprint density at radius 1 is 0.588 bits per heavy atom. The second kappa shape index (κ2) is 11.6. The summed E-state index contributed by atoms with van der Waals surface area (Å²) in [6, 6.07) is -1.09. The van der Waals surface area contributed by atoms with Gasteiger partial charge in [0.15, 0.2) is 0 Å². The van der Waals surface area contributed by atoms with Crippen molar-refractivity contribution < 1.29 is 28.8 Å². The maximum absolute atomic E-state index is 12.1. The van der Waals surface area contributed by atoms with Crippen molar-refractivity contribution >= 4 is 35.7 Å². The van der Waals surface area contributed by atoms with Crippen LogP contribution in [0.15, 0.2) is 0 Å². The van der Waals surface area contributed by atoms with Crippen LogP contribution in [0.3, 0.4) is 0 Å². The summed E-state index contributed by atoms with van der Waals surface area (Å²) < 4.78 is 0. The highest BCUT2D eigenvalue weighted by atomic mass is 16.2. The highest BCUT2D eigenvalue weighted by Gasteiger charge is 2.43. The van der Waals surface area contributed by atoms with Crippen molar-refractivity contribution in [3.63, 3.8) is 0 Å². The third-order valence-electron chi connectivity index (χ3n) is 7.30. The largest absolute Gasteiger partial charge is 0.331 e. The Morgan fingerprint density at radius 2 is 0.912 bits per heavy atom. The molecule has 0 aromatic rings. The van der Waals surface area contributed by atoms with Gasteiger partial charge in [0.05, 0.1) is 0 Å². The van der Waals surface area contributed by atoms with Gasteiger partial charge in [0.25, 0.3) is 0 Å². The van der Waals surface area contributed by atoms with Gasteiger partial charge in [-0.05, 0) is 38.5 Å². The van der Waals surface area contributed by atoms with E-state index in [0.717, 1.165) is 64.2 Å². The fraction of sp³-hybridized carbons (Fsp3) is 0.750. The maximum Gasteiger partial charge on any atom is 0.331 e.